The van der Waals surface area contributed by atoms with Gasteiger partial charge in [0.15, 0.2) is 0 Å². The van der Waals surface area contributed by atoms with Gasteiger partial charge in [-0.2, -0.15) is 5.10 Å². The lowest BCUT2D eigenvalue weighted by Crippen LogP contribution is -2.05. The third-order valence-corrected chi connectivity index (χ3v) is 2.83. The zero-order chi connectivity index (χ0) is 12.3. The summed E-state index contributed by atoms with van der Waals surface area (Å²) in [5.74, 6) is -0.221. The Balaban J connectivity index is 2.34. The van der Waals surface area contributed by atoms with Crippen LogP contribution in [0.2, 0.25) is 0 Å². The second-order valence-corrected chi connectivity index (χ2v) is 4.03. The van der Waals surface area contributed by atoms with Gasteiger partial charge in [0.05, 0.1) is 6.20 Å². The van der Waals surface area contributed by atoms with Gasteiger partial charge in [0.2, 0.25) is 0 Å². The standard InChI is InChI=1S/C13H16FN3/c1-17-13(3-2-8-15)12(9-16-17)10-4-6-11(14)7-5-10/h4-7,9H,2-3,8,15H2,1H3. The minimum absolute atomic E-state index is 0.221. The minimum atomic E-state index is -0.221. The van der Waals surface area contributed by atoms with E-state index in [4.69, 9.17) is 5.73 Å². The van der Waals surface area contributed by atoms with Crippen molar-refractivity contribution in [2.45, 2.75) is 12.8 Å². The van der Waals surface area contributed by atoms with E-state index in [0.717, 1.165) is 29.7 Å². The van der Waals surface area contributed by atoms with Crippen LogP contribution in [0.3, 0.4) is 0 Å². The normalized spacial score (nSPS) is 10.8. The Morgan fingerprint density at radius 3 is 2.65 bits per heavy atom. The van der Waals surface area contributed by atoms with E-state index in [1.807, 2.05) is 17.9 Å². The average molecular weight is 233 g/mol. The first-order valence-electron chi connectivity index (χ1n) is 5.69. The average Bonchev–Trinajstić information content (AvgIpc) is 2.69. The molecule has 0 spiro atoms. The Kier molecular flexibility index (Phi) is 3.54. The van der Waals surface area contributed by atoms with Crippen molar-refractivity contribution in [2.24, 2.45) is 12.8 Å². The first-order valence-corrected chi connectivity index (χ1v) is 5.69. The fraction of sp³-hybridized carbons (Fsp3) is 0.308. The molecule has 4 heteroatoms. The number of hydrogen-bond donors (Lipinski definition) is 1. The van der Waals surface area contributed by atoms with Gasteiger partial charge in [-0.15, -0.1) is 0 Å². The summed E-state index contributed by atoms with van der Waals surface area (Å²) < 4.78 is 14.7. The van der Waals surface area contributed by atoms with Gasteiger partial charge < -0.3 is 5.73 Å². The molecule has 0 bridgehead atoms. The highest BCUT2D eigenvalue weighted by molar-refractivity contribution is 5.65. The monoisotopic (exact) mass is 233 g/mol. The largest absolute Gasteiger partial charge is 0.330 e. The summed E-state index contributed by atoms with van der Waals surface area (Å²) in [6, 6.07) is 6.49. The van der Waals surface area contributed by atoms with E-state index in [2.05, 4.69) is 5.10 Å². The molecule has 0 aliphatic heterocycles. The van der Waals surface area contributed by atoms with E-state index in [-0.39, 0.29) is 5.82 Å². The molecule has 3 nitrogen and oxygen atoms in total. The van der Waals surface area contributed by atoms with E-state index in [1.165, 1.54) is 12.1 Å². The third-order valence-electron chi connectivity index (χ3n) is 2.83. The highest BCUT2D eigenvalue weighted by atomic mass is 19.1. The molecule has 0 atom stereocenters. The lowest BCUT2D eigenvalue weighted by atomic mass is 10.0. The lowest BCUT2D eigenvalue weighted by Gasteiger charge is -2.05. The quantitative estimate of drug-likeness (QED) is 0.879. The molecule has 0 unspecified atom stereocenters. The number of aromatic nitrogens is 2. The highest BCUT2D eigenvalue weighted by Gasteiger charge is 2.09. The molecule has 0 fully saturated rings. The summed E-state index contributed by atoms with van der Waals surface area (Å²) in [7, 11) is 1.92. The van der Waals surface area contributed by atoms with Crippen LogP contribution in [-0.2, 0) is 13.5 Å². The number of nitrogens with zero attached hydrogens (tertiary/aromatic N) is 2. The second kappa shape index (κ2) is 5.10. The van der Waals surface area contributed by atoms with Crippen LogP contribution >= 0.6 is 0 Å². The zero-order valence-electron chi connectivity index (χ0n) is 9.86. The number of hydrogen-bond acceptors (Lipinski definition) is 2. The molecule has 0 aliphatic rings. The Hall–Kier alpha value is -1.68. The second-order valence-electron chi connectivity index (χ2n) is 4.03. The molecular formula is C13H16FN3. The predicted octanol–water partition coefficient (Wildman–Crippen LogP) is 2.12. The Morgan fingerprint density at radius 2 is 2.00 bits per heavy atom. The van der Waals surface area contributed by atoms with Crippen molar-refractivity contribution in [2.75, 3.05) is 6.54 Å². The van der Waals surface area contributed by atoms with Crippen LogP contribution in [0.1, 0.15) is 12.1 Å². The van der Waals surface area contributed by atoms with Crippen molar-refractivity contribution in [1.82, 2.24) is 9.78 Å². The Morgan fingerprint density at radius 1 is 1.29 bits per heavy atom. The molecule has 0 saturated carbocycles. The van der Waals surface area contributed by atoms with E-state index in [0.29, 0.717) is 6.54 Å². The maximum absolute atomic E-state index is 12.9. The molecule has 17 heavy (non-hydrogen) atoms. The maximum Gasteiger partial charge on any atom is 0.123 e. The van der Waals surface area contributed by atoms with Crippen LogP contribution in [-0.4, -0.2) is 16.3 Å². The highest BCUT2D eigenvalue weighted by Crippen LogP contribution is 2.24. The fourth-order valence-electron chi connectivity index (χ4n) is 1.90. The Labute approximate surface area is 100 Å². The first-order chi connectivity index (χ1) is 8.22. The first kappa shape index (κ1) is 11.8. The van der Waals surface area contributed by atoms with Crippen molar-refractivity contribution in [3.8, 4) is 11.1 Å². The molecule has 0 radical (unpaired) electrons. The van der Waals surface area contributed by atoms with Gasteiger partial charge in [-0.3, -0.25) is 4.68 Å². The van der Waals surface area contributed by atoms with Gasteiger partial charge in [-0.1, -0.05) is 12.1 Å². The summed E-state index contributed by atoms with van der Waals surface area (Å²) in [5, 5.41) is 4.25. The molecule has 2 rings (SSSR count). The fourth-order valence-corrected chi connectivity index (χ4v) is 1.90. The lowest BCUT2D eigenvalue weighted by molar-refractivity contribution is 0.628. The molecule has 1 aromatic carbocycles. The molecule has 1 heterocycles. The van der Waals surface area contributed by atoms with Gasteiger partial charge in [0.1, 0.15) is 5.82 Å². The Bertz CT molecular complexity index is 488. The van der Waals surface area contributed by atoms with Crippen LogP contribution in [0.4, 0.5) is 4.39 Å². The van der Waals surface area contributed by atoms with Gasteiger partial charge in [0, 0.05) is 18.3 Å². The van der Waals surface area contributed by atoms with Crippen molar-refractivity contribution >= 4 is 0 Å². The summed E-state index contributed by atoms with van der Waals surface area (Å²) in [6.07, 6.45) is 3.63. The third kappa shape index (κ3) is 2.53. The van der Waals surface area contributed by atoms with Gasteiger partial charge in [-0.25, -0.2) is 4.39 Å². The van der Waals surface area contributed by atoms with Crippen molar-refractivity contribution in [3.63, 3.8) is 0 Å². The summed E-state index contributed by atoms with van der Waals surface area (Å²) in [4.78, 5) is 0. The van der Waals surface area contributed by atoms with Crippen LogP contribution in [0.25, 0.3) is 11.1 Å². The number of aryl methyl sites for hydroxylation is 1. The smallest absolute Gasteiger partial charge is 0.123 e. The zero-order valence-corrected chi connectivity index (χ0v) is 9.86. The van der Waals surface area contributed by atoms with E-state index < -0.39 is 0 Å². The minimum Gasteiger partial charge on any atom is -0.330 e. The number of halogens is 1. The molecule has 2 N–H and O–H groups in total. The van der Waals surface area contributed by atoms with Crippen molar-refractivity contribution in [1.29, 1.82) is 0 Å². The topological polar surface area (TPSA) is 43.8 Å². The van der Waals surface area contributed by atoms with Gasteiger partial charge in [-0.05, 0) is 37.1 Å². The predicted molar refractivity (Wildman–Crippen MR) is 66.0 cm³/mol. The summed E-state index contributed by atoms with van der Waals surface area (Å²) in [5.41, 5.74) is 8.71. The van der Waals surface area contributed by atoms with E-state index >= 15 is 0 Å². The molecule has 90 valence electrons. The van der Waals surface area contributed by atoms with Crippen molar-refractivity contribution in [3.05, 3.63) is 42.0 Å². The molecule has 0 saturated heterocycles. The van der Waals surface area contributed by atoms with E-state index in [9.17, 15) is 4.39 Å². The van der Waals surface area contributed by atoms with Crippen LogP contribution < -0.4 is 5.73 Å². The number of rotatable bonds is 4. The van der Waals surface area contributed by atoms with Gasteiger partial charge >= 0.3 is 0 Å². The summed E-state index contributed by atoms with van der Waals surface area (Å²) in [6.45, 7) is 0.661. The number of benzene rings is 1. The number of nitrogens with two attached hydrogens (primary N) is 1. The molecule has 0 aliphatic carbocycles. The van der Waals surface area contributed by atoms with Crippen LogP contribution in [0.15, 0.2) is 30.5 Å². The SMILES string of the molecule is Cn1ncc(-c2ccc(F)cc2)c1CCCN. The van der Waals surface area contributed by atoms with E-state index in [1.54, 1.807) is 12.1 Å². The molecule has 2 aromatic rings. The van der Waals surface area contributed by atoms with Gasteiger partial charge in [0.25, 0.3) is 0 Å². The summed E-state index contributed by atoms with van der Waals surface area (Å²) >= 11 is 0. The maximum atomic E-state index is 12.9. The van der Waals surface area contributed by atoms with Crippen LogP contribution in [0, 0.1) is 5.82 Å². The molecule has 0 amide bonds. The van der Waals surface area contributed by atoms with Crippen molar-refractivity contribution < 1.29 is 4.39 Å². The van der Waals surface area contributed by atoms with Crippen LogP contribution in [0.5, 0.6) is 0 Å². The molecular weight excluding hydrogens is 217 g/mol. The molecule has 1 aromatic heterocycles.